The highest BCUT2D eigenvalue weighted by molar-refractivity contribution is 5.70. The summed E-state index contributed by atoms with van der Waals surface area (Å²) >= 11 is 0. The molecule has 9 nitrogen and oxygen atoms in total. The van der Waals surface area contributed by atoms with E-state index in [-0.39, 0.29) is 32.2 Å². The number of rotatable bonds is 48. The number of quaternary nitrogens is 1. The number of nitrogens with zero attached hydrogens (tertiary/aromatic N) is 1. The predicted octanol–water partition coefficient (Wildman–Crippen LogP) is 13.1. The van der Waals surface area contributed by atoms with E-state index in [1.54, 1.807) is 0 Å². The SMILES string of the molecule is CCCC/C=C\C/C=C\CCCCCCCC(=O)OC(COC(=O)CCCCCCCCCCCCCCCCCCCCCCCCC)COC(OCC[N+](C)(C)C)C(=O)[O-]. The third-order valence-corrected chi connectivity index (χ3v) is 11.5. The summed E-state index contributed by atoms with van der Waals surface area (Å²) in [4.78, 5) is 37.1. The summed E-state index contributed by atoms with van der Waals surface area (Å²) < 4.78 is 22.6. The Morgan fingerprint density at radius 1 is 0.484 bits per heavy atom. The van der Waals surface area contributed by atoms with Gasteiger partial charge in [-0.25, -0.2) is 0 Å². The number of aliphatic carboxylic acids is 1. The Hall–Kier alpha value is -2.23. The first kappa shape index (κ1) is 59.8. The van der Waals surface area contributed by atoms with Gasteiger partial charge in [0.25, 0.3) is 0 Å². The lowest BCUT2D eigenvalue weighted by Crippen LogP contribution is -2.44. The van der Waals surface area contributed by atoms with Crippen molar-refractivity contribution in [2.75, 3.05) is 47.5 Å². The molecule has 0 aromatic heterocycles. The van der Waals surface area contributed by atoms with E-state index < -0.39 is 24.3 Å². The van der Waals surface area contributed by atoms with Crippen molar-refractivity contribution in [1.82, 2.24) is 0 Å². The number of carboxylic acids is 1. The summed E-state index contributed by atoms with van der Waals surface area (Å²) in [7, 11) is 5.91. The fraction of sp³-hybridized carbons (Fsp3) is 0.868. The van der Waals surface area contributed by atoms with E-state index in [2.05, 4.69) is 38.2 Å². The number of hydrogen-bond donors (Lipinski definition) is 0. The molecule has 0 bridgehead atoms. The Balaban J connectivity index is 4.24. The van der Waals surface area contributed by atoms with Crippen LogP contribution in [0.25, 0.3) is 0 Å². The van der Waals surface area contributed by atoms with Gasteiger partial charge in [-0.15, -0.1) is 0 Å². The Kier molecular flexibility index (Phi) is 43.7. The van der Waals surface area contributed by atoms with Gasteiger partial charge >= 0.3 is 11.9 Å². The van der Waals surface area contributed by atoms with Crippen molar-refractivity contribution in [2.24, 2.45) is 0 Å². The fourth-order valence-corrected chi connectivity index (χ4v) is 7.38. The molecule has 0 saturated heterocycles. The van der Waals surface area contributed by atoms with Crippen LogP contribution in [0.15, 0.2) is 24.3 Å². The van der Waals surface area contributed by atoms with Gasteiger partial charge in [-0.3, -0.25) is 9.59 Å². The normalized spacial score (nSPS) is 13.0. The van der Waals surface area contributed by atoms with Crippen LogP contribution in [0, 0.1) is 0 Å². The number of likely N-dealkylation sites (N-methyl/N-ethyl adjacent to an activating group) is 1. The molecule has 0 saturated carbocycles. The minimum atomic E-state index is -1.62. The number of ether oxygens (including phenoxy) is 4. The Morgan fingerprint density at radius 3 is 1.32 bits per heavy atom. The van der Waals surface area contributed by atoms with E-state index in [9.17, 15) is 19.5 Å². The van der Waals surface area contributed by atoms with Crippen molar-refractivity contribution in [1.29, 1.82) is 0 Å². The Labute approximate surface area is 382 Å². The van der Waals surface area contributed by atoms with Crippen molar-refractivity contribution in [3.8, 4) is 0 Å². The Morgan fingerprint density at radius 2 is 0.887 bits per heavy atom. The summed E-state index contributed by atoms with van der Waals surface area (Å²) in [6, 6.07) is 0. The van der Waals surface area contributed by atoms with E-state index in [4.69, 9.17) is 18.9 Å². The van der Waals surface area contributed by atoms with Gasteiger partial charge in [-0.2, -0.15) is 0 Å². The minimum absolute atomic E-state index is 0.147. The first-order valence-electron chi connectivity index (χ1n) is 26.0. The van der Waals surface area contributed by atoms with Gasteiger partial charge in [0.05, 0.1) is 40.3 Å². The molecule has 2 atom stereocenters. The van der Waals surface area contributed by atoms with Crippen molar-refractivity contribution >= 4 is 17.9 Å². The lowest BCUT2D eigenvalue weighted by Gasteiger charge is -2.26. The van der Waals surface area contributed by atoms with E-state index in [1.165, 1.54) is 141 Å². The monoisotopic (exact) mass is 878 g/mol. The lowest BCUT2D eigenvalue weighted by atomic mass is 10.0. The third-order valence-electron chi connectivity index (χ3n) is 11.5. The zero-order chi connectivity index (χ0) is 45.6. The van der Waals surface area contributed by atoms with Gasteiger partial charge in [0, 0.05) is 12.8 Å². The largest absolute Gasteiger partial charge is 0.545 e. The maximum Gasteiger partial charge on any atom is 0.306 e. The molecular formula is C53H99NO8. The molecule has 364 valence electrons. The van der Waals surface area contributed by atoms with Crippen LogP contribution in [0.4, 0.5) is 0 Å². The van der Waals surface area contributed by atoms with Crippen LogP contribution in [0.3, 0.4) is 0 Å². The van der Waals surface area contributed by atoms with Crippen LogP contribution in [-0.2, 0) is 33.3 Å². The topological polar surface area (TPSA) is 111 Å². The van der Waals surface area contributed by atoms with Crippen LogP contribution in [0.2, 0.25) is 0 Å². The van der Waals surface area contributed by atoms with Crippen LogP contribution in [-0.4, -0.2) is 82.3 Å². The second kappa shape index (κ2) is 45.3. The molecule has 9 heteroatoms. The average molecular weight is 878 g/mol. The van der Waals surface area contributed by atoms with Crippen molar-refractivity contribution in [3.63, 3.8) is 0 Å². The molecular weight excluding hydrogens is 779 g/mol. The third kappa shape index (κ3) is 45.8. The maximum absolute atomic E-state index is 12.8. The lowest BCUT2D eigenvalue weighted by molar-refractivity contribution is -0.870. The molecule has 0 fully saturated rings. The van der Waals surface area contributed by atoms with Crippen LogP contribution in [0.5, 0.6) is 0 Å². The molecule has 0 aliphatic rings. The average Bonchev–Trinajstić information content (AvgIpc) is 3.23. The molecule has 0 aromatic carbocycles. The summed E-state index contributed by atoms with van der Waals surface area (Å²) in [5.74, 6) is -2.29. The van der Waals surface area contributed by atoms with Crippen molar-refractivity contribution in [2.45, 2.75) is 251 Å². The molecule has 0 aliphatic heterocycles. The minimum Gasteiger partial charge on any atom is -0.545 e. The highest BCUT2D eigenvalue weighted by atomic mass is 16.7. The first-order chi connectivity index (χ1) is 30.1. The van der Waals surface area contributed by atoms with Gasteiger partial charge in [0.15, 0.2) is 12.4 Å². The van der Waals surface area contributed by atoms with Crippen LogP contribution < -0.4 is 5.11 Å². The zero-order valence-electron chi connectivity index (χ0n) is 41.3. The van der Waals surface area contributed by atoms with Crippen molar-refractivity contribution < 1.29 is 42.9 Å². The number of carbonyl (C=O) groups excluding carboxylic acids is 3. The van der Waals surface area contributed by atoms with E-state index in [0.29, 0.717) is 23.9 Å². The van der Waals surface area contributed by atoms with Gasteiger partial charge in [0.1, 0.15) is 13.2 Å². The summed E-state index contributed by atoms with van der Waals surface area (Å²) in [5.41, 5.74) is 0. The molecule has 0 aliphatic carbocycles. The Bertz CT molecular complexity index is 1070. The summed E-state index contributed by atoms with van der Waals surface area (Å²) in [6.07, 6.45) is 47.9. The molecule has 0 N–H and O–H groups in total. The molecule has 0 rings (SSSR count). The quantitative estimate of drug-likeness (QED) is 0.0195. The second-order valence-corrected chi connectivity index (χ2v) is 18.8. The molecule has 0 spiro atoms. The highest BCUT2D eigenvalue weighted by Crippen LogP contribution is 2.16. The number of allylic oxidation sites excluding steroid dienone is 4. The highest BCUT2D eigenvalue weighted by Gasteiger charge is 2.22. The number of carboxylic acid groups (broad SMARTS) is 1. The van der Waals surface area contributed by atoms with Gasteiger partial charge < -0.3 is 33.3 Å². The number of esters is 2. The summed E-state index contributed by atoms with van der Waals surface area (Å²) in [5, 5.41) is 11.7. The van der Waals surface area contributed by atoms with Crippen LogP contribution in [0.1, 0.15) is 239 Å². The standard InChI is InChI=1S/C53H99NO8/c1-6-8-10-12-14-16-18-20-22-23-24-25-26-27-28-29-30-32-33-35-37-39-41-43-50(55)60-47-49(48-61-53(52(57)58)59-46-45-54(3,4)5)62-51(56)44-42-40-38-36-34-31-21-19-17-15-13-11-9-7-2/h13,15,19,21,49,53H,6-12,14,16-18,20,22-48H2,1-5H3/b15-13-,21-19-. The molecule has 0 heterocycles. The fourth-order valence-electron chi connectivity index (χ4n) is 7.38. The van der Waals surface area contributed by atoms with Crippen LogP contribution >= 0.6 is 0 Å². The zero-order valence-corrected chi connectivity index (χ0v) is 41.3. The molecule has 0 radical (unpaired) electrons. The van der Waals surface area contributed by atoms with Gasteiger partial charge in [0.2, 0.25) is 0 Å². The van der Waals surface area contributed by atoms with E-state index in [0.717, 1.165) is 64.2 Å². The number of carbonyl (C=O) groups is 3. The summed E-state index contributed by atoms with van der Waals surface area (Å²) in [6.45, 7) is 4.72. The maximum atomic E-state index is 12.8. The van der Waals surface area contributed by atoms with E-state index >= 15 is 0 Å². The van der Waals surface area contributed by atoms with E-state index in [1.807, 2.05) is 21.1 Å². The molecule has 0 amide bonds. The number of hydrogen-bond acceptors (Lipinski definition) is 8. The predicted molar refractivity (Wildman–Crippen MR) is 256 cm³/mol. The number of unbranched alkanes of at least 4 members (excludes halogenated alkanes) is 29. The smallest absolute Gasteiger partial charge is 0.306 e. The second-order valence-electron chi connectivity index (χ2n) is 18.8. The first-order valence-corrected chi connectivity index (χ1v) is 26.0. The van der Waals surface area contributed by atoms with Crippen molar-refractivity contribution in [3.05, 3.63) is 24.3 Å². The molecule has 0 aromatic rings. The van der Waals surface area contributed by atoms with Gasteiger partial charge in [-0.05, 0) is 38.5 Å². The molecule has 2 unspecified atom stereocenters. The molecule has 62 heavy (non-hydrogen) atoms. The van der Waals surface area contributed by atoms with Gasteiger partial charge in [-0.1, -0.05) is 212 Å².